The van der Waals surface area contributed by atoms with Gasteiger partial charge in [0.1, 0.15) is 5.82 Å². The summed E-state index contributed by atoms with van der Waals surface area (Å²) in [6.45, 7) is 4.85. The summed E-state index contributed by atoms with van der Waals surface area (Å²) < 4.78 is 0. The number of pyridine rings is 1. The van der Waals surface area contributed by atoms with Crippen LogP contribution < -0.4 is 5.32 Å². The van der Waals surface area contributed by atoms with Crippen LogP contribution in [-0.4, -0.2) is 16.6 Å². The first kappa shape index (κ1) is 9.00. The Labute approximate surface area is 72.5 Å². The van der Waals surface area contributed by atoms with E-state index in [1.54, 1.807) is 0 Å². The number of hydrogen-bond acceptors (Lipinski definition) is 3. The van der Waals surface area contributed by atoms with E-state index in [4.69, 9.17) is 5.11 Å². The van der Waals surface area contributed by atoms with Crippen LogP contribution in [0.1, 0.15) is 18.2 Å². The van der Waals surface area contributed by atoms with Crippen LogP contribution >= 0.6 is 0 Å². The van der Waals surface area contributed by atoms with Gasteiger partial charge in [0.2, 0.25) is 0 Å². The average Bonchev–Trinajstić information content (AvgIpc) is 2.04. The predicted octanol–water partition coefficient (Wildman–Crippen LogP) is 1.31. The summed E-state index contributed by atoms with van der Waals surface area (Å²) in [5, 5.41) is 12.0. The molecular weight excluding hydrogens is 152 g/mol. The van der Waals surface area contributed by atoms with Gasteiger partial charge in [0, 0.05) is 12.2 Å². The highest BCUT2D eigenvalue weighted by Crippen LogP contribution is 2.09. The van der Waals surface area contributed by atoms with Crippen molar-refractivity contribution in [2.45, 2.75) is 20.5 Å². The second kappa shape index (κ2) is 4.07. The number of aliphatic hydroxyl groups is 1. The topological polar surface area (TPSA) is 45.1 Å². The molecule has 0 fully saturated rings. The van der Waals surface area contributed by atoms with Crippen molar-refractivity contribution < 1.29 is 5.11 Å². The number of anilines is 1. The summed E-state index contributed by atoms with van der Waals surface area (Å²) in [5.41, 5.74) is 1.83. The monoisotopic (exact) mass is 166 g/mol. The van der Waals surface area contributed by atoms with Crippen LogP contribution in [0.4, 0.5) is 5.82 Å². The van der Waals surface area contributed by atoms with Crippen molar-refractivity contribution >= 4 is 5.82 Å². The summed E-state index contributed by atoms with van der Waals surface area (Å²) in [5.74, 6) is 0.835. The molecule has 0 amide bonds. The first-order valence-corrected chi connectivity index (χ1v) is 4.08. The molecule has 0 aliphatic heterocycles. The van der Waals surface area contributed by atoms with Gasteiger partial charge in [-0.25, -0.2) is 4.98 Å². The lowest BCUT2D eigenvalue weighted by atomic mass is 10.2. The first-order valence-electron chi connectivity index (χ1n) is 4.08. The van der Waals surface area contributed by atoms with Crippen LogP contribution in [0.3, 0.4) is 0 Å². The Bertz CT molecular complexity index is 261. The SMILES string of the molecule is CCNc1cc(CO)cc(C)n1. The van der Waals surface area contributed by atoms with Gasteiger partial charge >= 0.3 is 0 Å². The molecule has 2 N–H and O–H groups in total. The van der Waals surface area contributed by atoms with Gasteiger partial charge in [-0.3, -0.25) is 0 Å². The molecule has 3 heteroatoms. The standard InChI is InChI=1S/C9H14N2O/c1-3-10-9-5-8(6-12)4-7(2)11-9/h4-5,12H,3,6H2,1-2H3,(H,10,11). The van der Waals surface area contributed by atoms with Gasteiger partial charge in [0.25, 0.3) is 0 Å². The molecule has 0 bridgehead atoms. The van der Waals surface area contributed by atoms with Crippen molar-refractivity contribution in [3.05, 3.63) is 23.4 Å². The molecule has 0 aliphatic rings. The fraction of sp³-hybridized carbons (Fsp3) is 0.444. The lowest BCUT2D eigenvalue weighted by Crippen LogP contribution is -2.01. The van der Waals surface area contributed by atoms with Gasteiger partial charge in [-0.15, -0.1) is 0 Å². The molecule has 0 unspecified atom stereocenters. The quantitative estimate of drug-likeness (QED) is 0.711. The van der Waals surface area contributed by atoms with Crippen molar-refractivity contribution in [1.29, 1.82) is 0 Å². The minimum absolute atomic E-state index is 0.0712. The Kier molecular flexibility index (Phi) is 3.05. The normalized spacial score (nSPS) is 9.92. The van der Waals surface area contributed by atoms with Gasteiger partial charge in [-0.05, 0) is 31.5 Å². The number of aromatic nitrogens is 1. The van der Waals surface area contributed by atoms with Crippen LogP contribution in [-0.2, 0) is 6.61 Å². The highest BCUT2D eigenvalue weighted by atomic mass is 16.3. The second-order valence-corrected chi connectivity index (χ2v) is 2.69. The molecule has 0 saturated carbocycles. The number of aliphatic hydroxyl groups excluding tert-OH is 1. The minimum Gasteiger partial charge on any atom is -0.392 e. The third-order valence-electron chi connectivity index (χ3n) is 1.55. The molecule has 66 valence electrons. The molecule has 1 aromatic heterocycles. The molecule has 0 aliphatic carbocycles. The molecule has 0 aromatic carbocycles. The van der Waals surface area contributed by atoms with E-state index in [0.29, 0.717) is 0 Å². The molecule has 1 rings (SSSR count). The lowest BCUT2D eigenvalue weighted by molar-refractivity contribution is 0.281. The Morgan fingerprint density at radius 3 is 2.83 bits per heavy atom. The number of nitrogens with one attached hydrogen (secondary N) is 1. The molecule has 0 atom stereocenters. The maximum atomic E-state index is 8.90. The van der Waals surface area contributed by atoms with E-state index in [9.17, 15) is 0 Å². The van der Waals surface area contributed by atoms with Gasteiger partial charge in [0.05, 0.1) is 6.61 Å². The third kappa shape index (κ3) is 2.20. The lowest BCUT2D eigenvalue weighted by Gasteiger charge is -2.05. The molecule has 3 nitrogen and oxygen atoms in total. The number of hydrogen-bond donors (Lipinski definition) is 2. The van der Waals surface area contributed by atoms with Crippen molar-refractivity contribution in [1.82, 2.24) is 4.98 Å². The van der Waals surface area contributed by atoms with Crippen LogP contribution in [0, 0.1) is 6.92 Å². The van der Waals surface area contributed by atoms with Gasteiger partial charge in [0.15, 0.2) is 0 Å². The van der Waals surface area contributed by atoms with E-state index in [0.717, 1.165) is 23.6 Å². The largest absolute Gasteiger partial charge is 0.392 e. The summed E-state index contributed by atoms with van der Waals surface area (Å²) in [7, 11) is 0. The maximum Gasteiger partial charge on any atom is 0.126 e. The predicted molar refractivity (Wildman–Crippen MR) is 49.1 cm³/mol. The Morgan fingerprint density at radius 1 is 1.50 bits per heavy atom. The zero-order valence-corrected chi connectivity index (χ0v) is 7.46. The van der Waals surface area contributed by atoms with Crippen LogP contribution in [0.5, 0.6) is 0 Å². The van der Waals surface area contributed by atoms with Crippen LogP contribution in [0.25, 0.3) is 0 Å². The summed E-state index contributed by atoms with van der Waals surface area (Å²) in [4.78, 5) is 4.25. The third-order valence-corrected chi connectivity index (χ3v) is 1.55. The van der Waals surface area contributed by atoms with E-state index in [-0.39, 0.29) is 6.61 Å². The van der Waals surface area contributed by atoms with Crippen LogP contribution in [0.15, 0.2) is 12.1 Å². The van der Waals surface area contributed by atoms with E-state index < -0.39 is 0 Å². The van der Waals surface area contributed by atoms with Crippen molar-refractivity contribution in [3.63, 3.8) is 0 Å². The van der Waals surface area contributed by atoms with E-state index in [1.165, 1.54) is 0 Å². The summed E-state index contributed by atoms with van der Waals surface area (Å²) in [6, 6.07) is 3.73. The molecular formula is C9H14N2O. The first-order chi connectivity index (χ1) is 5.76. The summed E-state index contributed by atoms with van der Waals surface area (Å²) in [6.07, 6.45) is 0. The fourth-order valence-electron chi connectivity index (χ4n) is 1.10. The zero-order chi connectivity index (χ0) is 8.97. The molecule has 1 heterocycles. The Hall–Kier alpha value is -1.09. The van der Waals surface area contributed by atoms with Crippen LogP contribution in [0.2, 0.25) is 0 Å². The molecule has 0 radical (unpaired) electrons. The zero-order valence-electron chi connectivity index (χ0n) is 7.46. The van der Waals surface area contributed by atoms with Crippen molar-refractivity contribution in [3.8, 4) is 0 Å². The van der Waals surface area contributed by atoms with Gasteiger partial charge in [-0.2, -0.15) is 0 Å². The van der Waals surface area contributed by atoms with E-state index in [1.807, 2.05) is 26.0 Å². The van der Waals surface area contributed by atoms with Gasteiger partial charge in [-0.1, -0.05) is 0 Å². The Morgan fingerprint density at radius 2 is 2.25 bits per heavy atom. The van der Waals surface area contributed by atoms with Crippen molar-refractivity contribution in [2.75, 3.05) is 11.9 Å². The van der Waals surface area contributed by atoms with E-state index >= 15 is 0 Å². The molecule has 0 saturated heterocycles. The van der Waals surface area contributed by atoms with Gasteiger partial charge < -0.3 is 10.4 Å². The highest BCUT2D eigenvalue weighted by Gasteiger charge is 1.97. The summed E-state index contributed by atoms with van der Waals surface area (Å²) >= 11 is 0. The minimum atomic E-state index is 0.0712. The second-order valence-electron chi connectivity index (χ2n) is 2.69. The van der Waals surface area contributed by atoms with Crippen molar-refractivity contribution in [2.24, 2.45) is 0 Å². The highest BCUT2D eigenvalue weighted by molar-refractivity contribution is 5.39. The van der Waals surface area contributed by atoms with E-state index in [2.05, 4.69) is 10.3 Å². The molecule has 1 aromatic rings. The number of nitrogens with zero attached hydrogens (tertiary/aromatic N) is 1. The fourth-order valence-corrected chi connectivity index (χ4v) is 1.10. The molecule has 12 heavy (non-hydrogen) atoms. The number of rotatable bonds is 3. The molecule has 0 spiro atoms. The average molecular weight is 166 g/mol. The maximum absolute atomic E-state index is 8.90. The Balaban J connectivity index is 2.90. The smallest absolute Gasteiger partial charge is 0.126 e. The number of aryl methyl sites for hydroxylation is 1.